The van der Waals surface area contributed by atoms with Gasteiger partial charge in [-0.05, 0) is 109 Å². The van der Waals surface area contributed by atoms with E-state index < -0.39 is 11.9 Å². The Morgan fingerprint density at radius 1 is 0.864 bits per heavy atom. The second-order valence-electron chi connectivity index (χ2n) is 18.0. The van der Waals surface area contributed by atoms with Crippen molar-refractivity contribution >= 4 is 55.3 Å². The molecule has 2 atom stereocenters. The van der Waals surface area contributed by atoms with Gasteiger partial charge in [0.05, 0.1) is 40.7 Å². The molecular weight excluding hydrogens is 765 g/mol. The number of carboxylic acid groups (broad SMARTS) is 2. The third-order valence-corrected chi connectivity index (χ3v) is 13.7. The molecule has 3 aromatic carbocycles. The smallest absolute Gasteiger partial charge is 0.355 e. The summed E-state index contributed by atoms with van der Waals surface area (Å²) in [4.78, 5) is 46.7. The molecule has 2 unspecified atom stereocenters. The molecule has 6 aromatic rings. The summed E-state index contributed by atoms with van der Waals surface area (Å²) in [5.74, 6) is -2.23. The number of carboxylic acids is 2. The van der Waals surface area contributed by atoms with E-state index in [-0.39, 0.29) is 39.9 Å². The molecule has 4 aliphatic carbocycles. The lowest BCUT2D eigenvalue weighted by molar-refractivity contribution is -0.247. The van der Waals surface area contributed by atoms with Crippen LogP contribution in [-0.2, 0) is 16.1 Å². The Hall–Kier alpha value is -5.50. The van der Waals surface area contributed by atoms with Gasteiger partial charge in [0.15, 0.2) is 10.8 Å². The molecule has 4 fully saturated rings. The molecule has 304 valence electrons. The molecule has 13 heteroatoms. The molecule has 3 heterocycles. The summed E-state index contributed by atoms with van der Waals surface area (Å²) >= 11 is 1.42. The minimum atomic E-state index is -1.14. The summed E-state index contributed by atoms with van der Waals surface area (Å²) < 4.78 is 9.82. The molecule has 10 rings (SSSR count). The summed E-state index contributed by atoms with van der Waals surface area (Å²) in [6.45, 7) is 9.10. The summed E-state index contributed by atoms with van der Waals surface area (Å²) in [5.41, 5.74) is 4.55. The number of hydrogen-bond donors (Lipinski definition) is 4. The van der Waals surface area contributed by atoms with Crippen molar-refractivity contribution in [2.75, 3.05) is 25.0 Å². The van der Waals surface area contributed by atoms with E-state index in [4.69, 9.17) is 19.9 Å². The van der Waals surface area contributed by atoms with Crippen LogP contribution in [0.5, 0.6) is 0 Å². The monoisotopic (exact) mass is 812 g/mol. The fraction of sp³-hybridized carbons (Fsp3) is 0.391. The van der Waals surface area contributed by atoms with E-state index in [2.05, 4.69) is 34.1 Å². The Bertz CT molecular complexity index is 2600. The number of thiazole rings is 1. The first kappa shape index (κ1) is 39.0. The standard InChI is InChI=1S/C46H48N6O6S/c1-28-34(20-48-52(28)27-45-22-43(2)21-44(3,23-45)25-46(24-43,26-45)58-18-17-47-16-15-38(53)54)31-13-14-35(49-39(31)41(56)57)30-12-11-29-7-6-8-32(33(29)19-30)40(55)51-42-50-36-9-4-5-10-37(36)59-42/h4-14,19-20,47H,15-18,21-27H2,1-3H3,(H,53,54)(H,56,57)(H,50,51,55). The van der Waals surface area contributed by atoms with Crippen molar-refractivity contribution in [3.05, 3.63) is 95.9 Å². The Morgan fingerprint density at radius 3 is 2.42 bits per heavy atom. The average Bonchev–Trinajstić information content (AvgIpc) is 3.75. The Labute approximate surface area is 346 Å². The number of aromatic nitrogens is 4. The van der Waals surface area contributed by atoms with Crippen molar-refractivity contribution in [2.45, 2.75) is 77.9 Å². The number of ether oxygens (including phenoxy) is 1. The molecule has 0 aliphatic heterocycles. The van der Waals surface area contributed by atoms with Gasteiger partial charge in [0.25, 0.3) is 5.91 Å². The number of fused-ring (bicyclic) bond motifs is 2. The lowest BCUT2D eigenvalue weighted by Gasteiger charge is -2.69. The SMILES string of the molecule is Cc1c(-c2ccc(-c3ccc4cccc(C(=O)Nc5nc6ccccc6s5)c4c3)nc2C(=O)O)cnn1CC12CC3(C)CC(C)(C1)CC(OCCNCCC(=O)O)(C3)C2. The molecule has 59 heavy (non-hydrogen) atoms. The zero-order chi connectivity index (χ0) is 41.2. The van der Waals surface area contributed by atoms with E-state index in [1.165, 1.54) is 17.8 Å². The number of anilines is 1. The summed E-state index contributed by atoms with van der Waals surface area (Å²) in [6, 6.07) is 22.6. The van der Waals surface area contributed by atoms with Gasteiger partial charge in [-0.3, -0.25) is 19.6 Å². The molecule has 0 radical (unpaired) electrons. The number of pyridine rings is 1. The van der Waals surface area contributed by atoms with Gasteiger partial charge >= 0.3 is 11.9 Å². The molecule has 0 saturated heterocycles. The van der Waals surface area contributed by atoms with E-state index >= 15 is 0 Å². The van der Waals surface area contributed by atoms with Crippen molar-refractivity contribution in [1.82, 2.24) is 25.1 Å². The molecule has 4 bridgehead atoms. The van der Waals surface area contributed by atoms with Crippen LogP contribution in [0.15, 0.2) is 79.0 Å². The number of carbonyl (C=O) groups excluding carboxylic acids is 1. The highest BCUT2D eigenvalue weighted by Crippen LogP contribution is 2.72. The fourth-order valence-corrected chi connectivity index (χ4v) is 12.6. The second kappa shape index (κ2) is 14.6. The van der Waals surface area contributed by atoms with Crippen molar-refractivity contribution in [2.24, 2.45) is 16.2 Å². The molecule has 4 N–H and O–H groups in total. The molecule has 12 nitrogen and oxygen atoms in total. The number of benzene rings is 3. The lowest BCUT2D eigenvalue weighted by Crippen LogP contribution is -2.64. The highest BCUT2D eigenvalue weighted by atomic mass is 32.1. The molecule has 3 aromatic heterocycles. The lowest BCUT2D eigenvalue weighted by atomic mass is 9.39. The van der Waals surface area contributed by atoms with Gasteiger partial charge in [-0.25, -0.2) is 14.8 Å². The van der Waals surface area contributed by atoms with Crippen LogP contribution in [0.4, 0.5) is 5.13 Å². The number of nitrogens with zero attached hydrogens (tertiary/aromatic N) is 4. The van der Waals surface area contributed by atoms with E-state index in [0.29, 0.717) is 53.8 Å². The zero-order valence-electron chi connectivity index (χ0n) is 33.5. The van der Waals surface area contributed by atoms with Crippen LogP contribution in [0.25, 0.3) is 43.4 Å². The Balaban J connectivity index is 0.966. The van der Waals surface area contributed by atoms with Crippen LogP contribution in [0.2, 0.25) is 0 Å². The van der Waals surface area contributed by atoms with Crippen LogP contribution < -0.4 is 10.6 Å². The molecule has 1 amide bonds. The Morgan fingerprint density at radius 2 is 1.66 bits per heavy atom. The number of carbonyl (C=O) groups is 3. The predicted octanol–water partition coefficient (Wildman–Crippen LogP) is 8.83. The number of nitrogens with one attached hydrogen (secondary N) is 2. The van der Waals surface area contributed by atoms with E-state index in [1.807, 2.05) is 73.7 Å². The van der Waals surface area contributed by atoms with E-state index in [9.17, 15) is 19.5 Å². The summed E-state index contributed by atoms with van der Waals surface area (Å²) in [5, 5.41) is 32.7. The van der Waals surface area contributed by atoms with Gasteiger partial charge < -0.3 is 20.3 Å². The minimum absolute atomic E-state index is 0.0268. The number of aliphatic carboxylic acids is 1. The summed E-state index contributed by atoms with van der Waals surface area (Å²) in [7, 11) is 0. The third-order valence-electron chi connectivity index (χ3n) is 12.8. The third kappa shape index (κ3) is 7.51. The highest BCUT2D eigenvalue weighted by Gasteiger charge is 2.66. The fourth-order valence-electron chi connectivity index (χ4n) is 11.7. The first-order valence-electron chi connectivity index (χ1n) is 20.3. The van der Waals surface area contributed by atoms with Crippen molar-refractivity contribution in [3.63, 3.8) is 0 Å². The van der Waals surface area contributed by atoms with Crippen LogP contribution >= 0.6 is 11.3 Å². The Kier molecular flexibility index (Phi) is 9.68. The molecule has 4 saturated carbocycles. The van der Waals surface area contributed by atoms with E-state index in [0.717, 1.165) is 64.4 Å². The number of para-hydroxylation sites is 1. The highest BCUT2D eigenvalue weighted by molar-refractivity contribution is 7.22. The van der Waals surface area contributed by atoms with Gasteiger partial charge in [0.2, 0.25) is 0 Å². The topological polar surface area (TPSA) is 169 Å². The van der Waals surface area contributed by atoms with E-state index in [1.54, 1.807) is 12.3 Å². The first-order valence-corrected chi connectivity index (χ1v) is 21.1. The quantitative estimate of drug-likeness (QED) is 0.0780. The van der Waals surface area contributed by atoms with Crippen molar-refractivity contribution in [1.29, 1.82) is 0 Å². The van der Waals surface area contributed by atoms with Crippen LogP contribution in [-0.4, -0.2) is 73.1 Å². The first-order chi connectivity index (χ1) is 28.2. The largest absolute Gasteiger partial charge is 0.481 e. The van der Waals surface area contributed by atoms with Gasteiger partial charge in [-0.1, -0.05) is 61.6 Å². The minimum Gasteiger partial charge on any atom is -0.481 e. The number of aromatic carboxylic acids is 1. The zero-order valence-corrected chi connectivity index (χ0v) is 34.3. The van der Waals surface area contributed by atoms with Crippen molar-refractivity contribution < 1.29 is 29.3 Å². The van der Waals surface area contributed by atoms with Crippen LogP contribution in [0.3, 0.4) is 0 Å². The van der Waals surface area contributed by atoms with Crippen molar-refractivity contribution in [3.8, 4) is 22.4 Å². The maximum Gasteiger partial charge on any atom is 0.355 e. The second-order valence-corrected chi connectivity index (χ2v) is 19.0. The average molecular weight is 813 g/mol. The van der Waals surface area contributed by atoms with Gasteiger partial charge in [-0.15, -0.1) is 0 Å². The van der Waals surface area contributed by atoms with Gasteiger partial charge in [0, 0.05) is 47.6 Å². The van der Waals surface area contributed by atoms with Gasteiger partial charge in [0.1, 0.15) is 0 Å². The number of rotatable bonds is 14. The molecule has 4 aliphatic rings. The number of hydrogen-bond acceptors (Lipinski definition) is 9. The number of amides is 1. The van der Waals surface area contributed by atoms with Crippen LogP contribution in [0.1, 0.15) is 85.3 Å². The predicted molar refractivity (Wildman–Crippen MR) is 228 cm³/mol. The van der Waals surface area contributed by atoms with Gasteiger partial charge in [-0.2, -0.15) is 5.10 Å². The molecule has 0 spiro atoms. The summed E-state index contributed by atoms with van der Waals surface area (Å²) in [6.07, 6.45) is 8.16. The molecular formula is C46H48N6O6S. The van der Waals surface area contributed by atoms with Crippen LogP contribution in [0, 0.1) is 23.2 Å². The maximum absolute atomic E-state index is 13.6. The normalized spacial score (nSPS) is 24.5. The maximum atomic E-state index is 13.6.